The summed E-state index contributed by atoms with van der Waals surface area (Å²) < 4.78 is 11.3. The van der Waals surface area contributed by atoms with Gasteiger partial charge >= 0.3 is 7.12 Å². The van der Waals surface area contributed by atoms with E-state index in [4.69, 9.17) is 9.31 Å². The normalized spacial score (nSPS) is 14.4. The lowest BCUT2D eigenvalue weighted by molar-refractivity contribution is 0.517. The minimum Gasteiger partial charge on any atom is -0.520 e. The third-order valence-electron chi connectivity index (χ3n) is 2.75. The molecule has 1 heterocycles. The Labute approximate surface area is 104 Å². The van der Waals surface area contributed by atoms with Gasteiger partial charge in [-0.05, 0) is 18.1 Å². The zero-order valence-electron chi connectivity index (χ0n) is 10.6. The Morgan fingerprint density at radius 1 is 1.18 bits per heavy atom. The number of benzene rings is 1. The van der Waals surface area contributed by atoms with Crippen LogP contribution in [0.4, 0.5) is 0 Å². The molecule has 1 aliphatic heterocycles. The molecule has 0 bridgehead atoms. The monoisotopic (exact) mass is 244 g/mol. The van der Waals surface area contributed by atoms with E-state index >= 15 is 0 Å². The van der Waals surface area contributed by atoms with Crippen LogP contribution in [0, 0.1) is 0 Å². The molecular formula is C13H17BO2Si. The van der Waals surface area contributed by atoms with Crippen LogP contribution in [0.15, 0.2) is 48.1 Å². The SMILES string of the molecule is C=C(/C=C/B1Oc2ccccc2O1)[Si](C)(C)C. The van der Waals surface area contributed by atoms with Gasteiger partial charge in [0.25, 0.3) is 0 Å². The molecular weight excluding hydrogens is 227 g/mol. The zero-order valence-corrected chi connectivity index (χ0v) is 11.6. The first kappa shape index (κ1) is 12.0. The molecule has 0 aromatic heterocycles. The number of rotatable bonds is 3. The summed E-state index contributed by atoms with van der Waals surface area (Å²) in [6, 6.07) is 7.71. The third-order valence-corrected chi connectivity index (χ3v) is 4.85. The highest BCUT2D eigenvalue weighted by molar-refractivity contribution is 6.83. The lowest BCUT2D eigenvalue weighted by Crippen LogP contribution is -2.24. The predicted octanol–water partition coefficient (Wildman–Crippen LogP) is 3.48. The van der Waals surface area contributed by atoms with Gasteiger partial charge in [0.2, 0.25) is 0 Å². The van der Waals surface area contributed by atoms with Gasteiger partial charge in [0, 0.05) is 0 Å². The number of para-hydroxylation sites is 2. The number of hydrogen-bond acceptors (Lipinski definition) is 2. The summed E-state index contributed by atoms with van der Waals surface area (Å²) in [6.45, 7) is 10.9. The molecule has 88 valence electrons. The second-order valence-electron chi connectivity index (χ2n) is 5.19. The van der Waals surface area contributed by atoms with Crippen molar-refractivity contribution in [2.24, 2.45) is 0 Å². The van der Waals surface area contributed by atoms with Gasteiger partial charge in [-0.3, -0.25) is 0 Å². The second-order valence-corrected chi connectivity index (χ2v) is 10.3. The molecule has 0 atom stereocenters. The van der Waals surface area contributed by atoms with E-state index in [-0.39, 0.29) is 7.12 Å². The van der Waals surface area contributed by atoms with Crippen molar-refractivity contribution in [2.45, 2.75) is 19.6 Å². The van der Waals surface area contributed by atoms with Crippen molar-refractivity contribution in [1.29, 1.82) is 0 Å². The van der Waals surface area contributed by atoms with Crippen molar-refractivity contribution in [3.8, 4) is 11.5 Å². The summed E-state index contributed by atoms with van der Waals surface area (Å²) in [7, 11) is -1.62. The first-order valence-corrected chi connectivity index (χ1v) is 9.27. The zero-order chi connectivity index (χ0) is 12.5. The maximum absolute atomic E-state index is 5.64. The fourth-order valence-corrected chi connectivity index (χ4v) is 2.04. The molecule has 0 radical (unpaired) electrons. The van der Waals surface area contributed by atoms with Crippen molar-refractivity contribution in [3.05, 3.63) is 48.1 Å². The second kappa shape index (κ2) is 4.45. The Hall–Kier alpha value is -1.42. The van der Waals surface area contributed by atoms with Gasteiger partial charge in [-0.2, -0.15) is 0 Å². The van der Waals surface area contributed by atoms with Crippen LogP contribution < -0.4 is 9.31 Å². The van der Waals surface area contributed by atoms with Crippen LogP contribution in [0.25, 0.3) is 0 Å². The molecule has 0 unspecified atom stereocenters. The summed E-state index contributed by atoms with van der Waals surface area (Å²) in [6.07, 6.45) is 2.03. The molecule has 1 aromatic rings. The Balaban J connectivity index is 2.01. The first-order chi connectivity index (χ1) is 7.97. The lowest BCUT2D eigenvalue weighted by atomic mass is 9.90. The molecule has 4 heteroatoms. The molecule has 0 N–H and O–H groups in total. The van der Waals surface area contributed by atoms with Crippen molar-refractivity contribution >= 4 is 15.2 Å². The minimum absolute atomic E-state index is 0.319. The number of fused-ring (bicyclic) bond motifs is 1. The molecule has 2 rings (SSSR count). The molecule has 1 aliphatic rings. The topological polar surface area (TPSA) is 18.5 Å². The van der Waals surface area contributed by atoms with Crippen molar-refractivity contribution in [2.75, 3.05) is 0 Å². The molecule has 0 amide bonds. The predicted molar refractivity (Wildman–Crippen MR) is 75.1 cm³/mol. The average molecular weight is 244 g/mol. The van der Waals surface area contributed by atoms with Crippen molar-refractivity contribution in [3.63, 3.8) is 0 Å². The van der Waals surface area contributed by atoms with E-state index in [2.05, 4.69) is 26.2 Å². The van der Waals surface area contributed by atoms with Crippen molar-refractivity contribution in [1.82, 2.24) is 0 Å². The van der Waals surface area contributed by atoms with E-state index in [9.17, 15) is 0 Å². The average Bonchev–Trinajstić information content (AvgIpc) is 2.66. The minimum atomic E-state index is -1.30. The van der Waals surface area contributed by atoms with E-state index in [0.717, 1.165) is 11.5 Å². The molecule has 0 saturated carbocycles. The third kappa shape index (κ3) is 2.83. The van der Waals surface area contributed by atoms with Crippen LogP contribution in [0.3, 0.4) is 0 Å². The van der Waals surface area contributed by atoms with Gasteiger partial charge in [-0.1, -0.05) is 49.6 Å². The van der Waals surface area contributed by atoms with Gasteiger partial charge < -0.3 is 9.31 Å². The Bertz CT molecular complexity index is 438. The van der Waals surface area contributed by atoms with E-state index in [1.165, 1.54) is 5.20 Å². The summed E-state index contributed by atoms with van der Waals surface area (Å²) >= 11 is 0. The fourth-order valence-electron chi connectivity index (χ4n) is 1.44. The number of allylic oxidation sites excluding steroid dienone is 2. The molecule has 17 heavy (non-hydrogen) atoms. The molecule has 0 aliphatic carbocycles. The summed E-state index contributed by atoms with van der Waals surface area (Å²) in [4.78, 5) is 0. The van der Waals surface area contributed by atoms with Crippen LogP contribution >= 0.6 is 0 Å². The molecule has 1 aromatic carbocycles. The maximum Gasteiger partial charge on any atom is 0.625 e. The van der Waals surface area contributed by atoms with Gasteiger partial charge in [-0.15, -0.1) is 0 Å². The smallest absolute Gasteiger partial charge is 0.520 e. The molecule has 0 fully saturated rings. The first-order valence-electron chi connectivity index (χ1n) is 5.77. The van der Waals surface area contributed by atoms with Gasteiger partial charge in [-0.25, -0.2) is 0 Å². The fraction of sp³-hybridized carbons (Fsp3) is 0.231. The van der Waals surface area contributed by atoms with Crippen LogP contribution in [0.1, 0.15) is 0 Å². The van der Waals surface area contributed by atoms with Crippen molar-refractivity contribution < 1.29 is 9.31 Å². The van der Waals surface area contributed by atoms with E-state index in [0.29, 0.717) is 0 Å². The highest BCUT2D eigenvalue weighted by Crippen LogP contribution is 2.32. The molecule has 2 nitrogen and oxygen atoms in total. The van der Waals surface area contributed by atoms with Crippen LogP contribution in [0.5, 0.6) is 11.5 Å². The molecule has 0 spiro atoms. The van der Waals surface area contributed by atoms with Gasteiger partial charge in [0.05, 0.1) is 8.07 Å². The van der Waals surface area contributed by atoms with Gasteiger partial charge in [0.1, 0.15) is 11.5 Å². The van der Waals surface area contributed by atoms with Crippen LogP contribution in [-0.2, 0) is 0 Å². The van der Waals surface area contributed by atoms with E-state index in [1.54, 1.807) is 0 Å². The van der Waals surface area contributed by atoms with Crippen LogP contribution in [-0.4, -0.2) is 15.2 Å². The summed E-state index contributed by atoms with van der Waals surface area (Å²) in [5.41, 5.74) is 0. The Morgan fingerprint density at radius 3 is 2.18 bits per heavy atom. The van der Waals surface area contributed by atoms with Crippen LogP contribution in [0.2, 0.25) is 19.6 Å². The number of hydrogen-bond donors (Lipinski definition) is 0. The van der Waals surface area contributed by atoms with E-state index in [1.807, 2.05) is 36.3 Å². The summed E-state index contributed by atoms with van der Waals surface area (Å²) in [5.74, 6) is 3.54. The highest BCUT2D eigenvalue weighted by atomic mass is 28.3. The molecule has 0 saturated heterocycles. The maximum atomic E-state index is 5.64. The largest absolute Gasteiger partial charge is 0.625 e. The lowest BCUT2D eigenvalue weighted by Gasteiger charge is -2.15. The Morgan fingerprint density at radius 2 is 1.71 bits per heavy atom. The highest BCUT2D eigenvalue weighted by Gasteiger charge is 2.29. The van der Waals surface area contributed by atoms with E-state index < -0.39 is 8.07 Å². The van der Waals surface area contributed by atoms with Gasteiger partial charge in [0.15, 0.2) is 0 Å². The summed E-state index contributed by atoms with van der Waals surface area (Å²) in [5, 5.41) is 1.20. The Kier molecular flexibility index (Phi) is 3.16. The standard InChI is InChI=1S/C13H17BO2Si/c1-11(17(2,3)4)9-10-14-15-12-7-5-6-8-13(12)16-14/h5-10H,1H2,2-4H3/b10-9+. The quantitative estimate of drug-likeness (QED) is 0.598.